The van der Waals surface area contributed by atoms with Crippen LogP contribution in [0.3, 0.4) is 0 Å². The third-order valence-electron chi connectivity index (χ3n) is 1.11. The highest BCUT2D eigenvalue weighted by molar-refractivity contribution is 5.91. The predicted molar refractivity (Wildman–Crippen MR) is 55.5 cm³/mol. The number of rotatable bonds is 3. The van der Waals surface area contributed by atoms with Crippen molar-refractivity contribution in [2.45, 2.75) is 13.8 Å². The summed E-state index contributed by atoms with van der Waals surface area (Å²) >= 11 is 0. The quantitative estimate of drug-likeness (QED) is 0.399. The van der Waals surface area contributed by atoms with Crippen molar-refractivity contribution in [1.82, 2.24) is 0 Å². The normalized spacial score (nSPS) is 8.75. The Kier molecular flexibility index (Phi) is 11.6. The Balaban J connectivity index is 0. The SMILES string of the molecule is CCOC(C)=O.COC(=O)/C=C\C(=O)OC. The first-order valence-corrected chi connectivity index (χ1v) is 4.45. The lowest BCUT2D eigenvalue weighted by atomic mass is 10.5. The van der Waals surface area contributed by atoms with Crippen LogP contribution < -0.4 is 0 Å². The summed E-state index contributed by atoms with van der Waals surface area (Å²) in [6.45, 7) is 3.65. The Morgan fingerprint density at radius 1 is 1.00 bits per heavy atom. The van der Waals surface area contributed by atoms with E-state index in [2.05, 4.69) is 14.2 Å². The monoisotopic (exact) mass is 232 g/mol. The molecule has 0 radical (unpaired) electrons. The molecule has 0 aliphatic rings. The lowest BCUT2D eigenvalue weighted by Gasteiger charge is -1.89. The van der Waals surface area contributed by atoms with Crippen molar-refractivity contribution in [2.24, 2.45) is 0 Å². The highest BCUT2D eigenvalue weighted by atomic mass is 16.5. The van der Waals surface area contributed by atoms with Gasteiger partial charge >= 0.3 is 17.9 Å². The maximum absolute atomic E-state index is 10.3. The van der Waals surface area contributed by atoms with Crippen LogP contribution in [-0.4, -0.2) is 38.7 Å². The second-order valence-electron chi connectivity index (χ2n) is 2.30. The molecule has 6 nitrogen and oxygen atoms in total. The average molecular weight is 232 g/mol. The second-order valence-corrected chi connectivity index (χ2v) is 2.30. The van der Waals surface area contributed by atoms with Crippen LogP contribution in [0.25, 0.3) is 0 Å². The van der Waals surface area contributed by atoms with Crippen molar-refractivity contribution in [1.29, 1.82) is 0 Å². The smallest absolute Gasteiger partial charge is 0.330 e. The molecule has 0 unspecified atom stereocenters. The van der Waals surface area contributed by atoms with Crippen molar-refractivity contribution in [3.8, 4) is 0 Å². The minimum absolute atomic E-state index is 0.211. The van der Waals surface area contributed by atoms with E-state index in [1.54, 1.807) is 6.92 Å². The molecule has 0 aliphatic heterocycles. The molecule has 0 saturated carbocycles. The zero-order chi connectivity index (χ0) is 13.0. The van der Waals surface area contributed by atoms with Gasteiger partial charge in [-0.3, -0.25) is 4.79 Å². The highest BCUT2D eigenvalue weighted by Crippen LogP contribution is 1.80. The summed E-state index contributed by atoms with van der Waals surface area (Å²) in [7, 11) is 2.45. The molecular weight excluding hydrogens is 216 g/mol. The summed E-state index contributed by atoms with van der Waals surface area (Å²) in [4.78, 5) is 30.5. The third kappa shape index (κ3) is 14.7. The van der Waals surface area contributed by atoms with Crippen LogP contribution in [-0.2, 0) is 28.6 Å². The molecule has 0 heterocycles. The largest absolute Gasteiger partial charge is 0.466 e. The van der Waals surface area contributed by atoms with Gasteiger partial charge in [-0.15, -0.1) is 0 Å². The van der Waals surface area contributed by atoms with E-state index in [4.69, 9.17) is 0 Å². The van der Waals surface area contributed by atoms with Crippen molar-refractivity contribution in [3.63, 3.8) is 0 Å². The van der Waals surface area contributed by atoms with Gasteiger partial charge in [0.25, 0.3) is 0 Å². The van der Waals surface area contributed by atoms with E-state index in [-0.39, 0.29) is 5.97 Å². The fourth-order valence-electron chi connectivity index (χ4n) is 0.475. The molecule has 0 rings (SSSR count). The van der Waals surface area contributed by atoms with Gasteiger partial charge in [0.2, 0.25) is 0 Å². The number of esters is 3. The molecule has 6 heteroatoms. The summed E-state index contributed by atoms with van der Waals surface area (Å²) in [6, 6.07) is 0. The zero-order valence-electron chi connectivity index (χ0n) is 9.81. The molecule has 0 aliphatic carbocycles. The lowest BCUT2D eigenvalue weighted by Crippen LogP contribution is -1.98. The molecule has 0 aromatic heterocycles. The molecule has 0 aromatic rings. The maximum Gasteiger partial charge on any atom is 0.330 e. The topological polar surface area (TPSA) is 78.9 Å². The molecule has 92 valence electrons. The molecule has 16 heavy (non-hydrogen) atoms. The van der Waals surface area contributed by atoms with Crippen molar-refractivity contribution in [2.75, 3.05) is 20.8 Å². The van der Waals surface area contributed by atoms with Crippen molar-refractivity contribution >= 4 is 17.9 Å². The zero-order valence-corrected chi connectivity index (χ0v) is 9.81. The fourth-order valence-corrected chi connectivity index (χ4v) is 0.475. The van der Waals surface area contributed by atoms with E-state index in [9.17, 15) is 14.4 Å². The van der Waals surface area contributed by atoms with E-state index in [1.807, 2.05) is 0 Å². The molecule has 0 atom stereocenters. The molecule has 0 fully saturated rings. The van der Waals surface area contributed by atoms with E-state index in [1.165, 1.54) is 21.1 Å². The first-order valence-electron chi connectivity index (χ1n) is 4.45. The minimum Gasteiger partial charge on any atom is -0.466 e. The second kappa shape index (κ2) is 11.2. The number of carbonyl (C=O) groups excluding carboxylic acids is 3. The van der Waals surface area contributed by atoms with Gasteiger partial charge in [0.1, 0.15) is 0 Å². The molecule has 0 spiro atoms. The van der Waals surface area contributed by atoms with E-state index in [0.29, 0.717) is 6.61 Å². The van der Waals surface area contributed by atoms with Gasteiger partial charge in [-0.25, -0.2) is 9.59 Å². The van der Waals surface area contributed by atoms with Gasteiger partial charge in [0.05, 0.1) is 20.8 Å². The molecule has 0 amide bonds. The highest BCUT2D eigenvalue weighted by Gasteiger charge is 1.94. The van der Waals surface area contributed by atoms with Crippen molar-refractivity contribution in [3.05, 3.63) is 12.2 Å². The van der Waals surface area contributed by atoms with Crippen LogP contribution in [0.1, 0.15) is 13.8 Å². The Hall–Kier alpha value is -1.85. The minimum atomic E-state index is -0.578. The average Bonchev–Trinajstić information content (AvgIpc) is 2.25. The summed E-state index contributed by atoms with van der Waals surface area (Å²) in [5.41, 5.74) is 0. The molecule has 0 N–H and O–H groups in total. The number of hydrogen-bond donors (Lipinski definition) is 0. The Bertz CT molecular complexity index is 238. The third-order valence-corrected chi connectivity index (χ3v) is 1.11. The van der Waals surface area contributed by atoms with E-state index in [0.717, 1.165) is 12.2 Å². The van der Waals surface area contributed by atoms with E-state index < -0.39 is 11.9 Å². The van der Waals surface area contributed by atoms with Gasteiger partial charge in [0, 0.05) is 19.1 Å². The first-order chi connectivity index (χ1) is 7.47. The number of methoxy groups -OCH3 is 2. The first kappa shape index (κ1) is 16.6. The lowest BCUT2D eigenvalue weighted by molar-refractivity contribution is -0.140. The van der Waals surface area contributed by atoms with Crippen LogP contribution in [0.4, 0.5) is 0 Å². The van der Waals surface area contributed by atoms with E-state index >= 15 is 0 Å². The standard InChI is InChI=1S/C6H8O4.C4H8O2/c1-9-5(7)3-4-6(8)10-2;1-3-6-4(2)5/h3-4H,1-2H3;3H2,1-2H3/b4-3-;. The summed E-state index contributed by atoms with van der Waals surface area (Å²) in [5, 5.41) is 0. The predicted octanol–water partition coefficient (Wildman–Crippen LogP) is 0.458. The van der Waals surface area contributed by atoms with Crippen LogP contribution in [0.15, 0.2) is 12.2 Å². The van der Waals surface area contributed by atoms with Gasteiger partial charge < -0.3 is 14.2 Å². The molecule has 0 bridgehead atoms. The van der Waals surface area contributed by atoms with Crippen LogP contribution in [0, 0.1) is 0 Å². The van der Waals surface area contributed by atoms with Crippen LogP contribution in [0.5, 0.6) is 0 Å². The number of carbonyl (C=O) groups is 3. The maximum atomic E-state index is 10.3. The van der Waals surface area contributed by atoms with Gasteiger partial charge in [-0.1, -0.05) is 0 Å². The van der Waals surface area contributed by atoms with Crippen LogP contribution in [0.2, 0.25) is 0 Å². The summed E-state index contributed by atoms with van der Waals surface area (Å²) in [6.07, 6.45) is 1.98. The molecule has 0 saturated heterocycles. The number of hydrogen-bond acceptors (Lipinski definition) is 6. The van der Waals surface area contributed by atoms with Crippen LogP contribution >= 0.6 is 0 Å². The summed E-state index contributed by atoms with van der Waals surface area (Å²) in [5.74, 6) is -1.37. The van der Waals surface area contributed by atoms with Gasteiger partial charge in [-0.05, 0) is 6.92 Å². The summed E-state index contributed by atoms with van der Waals surface area (Å²) < 4.78 is 12.8. The van der Waals surface area contributed by atoms with Gasteiger partial charge in [0.15, 0.2) is 0 Å². The Morgan fingerprint density at radius 2 is 1.38 bits per heavy atom. The Morgan fingerprint density at radius 3 is 1.50 bits per heavy atom. The Labute approximate surface area is 94.2 Å². The number of ether oxygens (including phenoxy) is 3. The van der Waals surface area contributed by atoms with Crippen molar-refractivity contribution < 1.29 is 28.6 Å². The van der Waals surface area contributed by atoms with Gasteiger partial charge in [-0.2, -0.15) is 0 Å². The fraction of sp³-hybridized carbons (Fsp3) is 0.500. The molecular formula is C10H16O6. The molecule has 0 aromatic carbocycles.